The number of aromatic nitrogens is 1. The number of rotatable bonds is 7. The molecule has 1 heterocycles. The van der Waals surface area contributed by atoms with Gasteiger partial charge in [-0.15, -0.1) is 0 Å². The first kappa shape index (κ1) is 20.5. The molecule has 5 heteroatoms. The third-order valence-electron chi connectivity index (χ3n) is 5.33. The number of methoxy groups -OCH3 is 3. The minimum Gasteiger partial charge on any atom is -0.497 e. The van der Waals surface area contributed by atoms with Crippen molar-refractivity contribution < 1.29 is 18.9 Å². The van der Waals surface area contributed by atoms with Crippen LogP contribution < -0.4 is 18.9 Å². The maximum atomic E-state index is 6.21. The number of hydrogen-bond donors (Lipinski definition) is 0. The number of nitrogens with zero attached hydrogens (tertiary/aromatic N) is 1. The van der Waals surface area contributed by atoms with Crippen LogP contribution in [0.5, 0.6) is 23.1 Å². The molecule has 31 heavy (non-hydrogen) atoms. The molecule has 4 aromatic rings. The van der Waals surface area contributed by atoms with Crippen LogP contribution in [0.15, 0.2) is 66.7 Å². The van der Waals surface area contributed by atoms with Crippen molar-refractivity contribution >= 4 is 10.8 Å². The maximum absolute atomic E-state index is 6.21. The van der Waals surface area contributed by atoms with E-state index in [0.717, 1.165) is 50.4 Å². The first-order valence-corrected chi connectivity index (χ1v) is 10.0. The Kier molecular flexibility index (Phi) is 5.94. The lowest BCUT2D eigenvalue weighted by Gasteiger charge is -2.15. The van der Waals surface area contributed by atoms with Crippen LogP contribution in [0.3, 0.4) is 0 Å². The first-order valence-electron chi connectivity index (χ1n) is 10.0. The van der Waals surface area contributed by atoms with Crippen molar-refractivity contribution in [3.63, 3.8) is 0 Å². The van der Waals surface area contributed by atoms with E-state index >= 15 is 0 Å². The maximum Gasteiger partial charge on any atom is 0.222 e. The highest BCUT2D eigenvalue weighted by Gasteiger charge is 2.15. The van der Waals surface area contributed by atoms with Crippen molar-refractivity contribution in [1.82, 2.24) is 4.98 Å². The number of ether oxygens (including phenoxy) is 4. The molecule has 0 aliphatic heterocycles. The number of aryl methyl sites for hydroxylation is 1. The Bertz CT molecular complexity index is 1180. The SMILES string of the molecule is COc1ccc(COc2nc(-c3ccc(OC)cc3)c(C)c3ccc(OC)cc23)cc1. The van der Waals surface area contributed by atoms with Crippen LogP contribution in [0.25, 0.3) is 22.0 Å². The standard InChI is InChI=1S/C26H25NO4/c1-17-23-14-13-22(30-4)15-24(23)26(31-16-18-5-9-20(28-2)10-6-18)27-25(17)19-7-11-21(29-3)12-8-19/h5-15H,16H2,1-4H3. The first-order chi connectivity index (χ1) is 15.1. The Morgan fingerprint density at radius 2 is 1.26 bits per heavy atom. The van der Waals surface area contributed by atoms with Gasteiger partial charge in [0.25, 0.3) is 0 Å². The van der Waals surface area contributed by atoms with Crippen molar-refractivity contribution in [1.29, 1.82) is 0 Å². The molecule has 0 atom stereocenters. The van der Waals surface area contributed by atoms with Gasteiger partial charge in [-0.3, -0.25) is 0 Å². The van der Waals surface area contributed by atoms with Crippen molar-refractivity contribution in [2.24, 2.45) is 0 Å². The zero-order valence-corrected chi connectivity index (χ0v) is 18.1. The molecule has 0 amide bonds. The smallest absolute Gasteiger partial charge is 0.222 e. The van der Waals surface area contributed by atoms with Crippen molar-refractivity contribution in [2.75, 3.05) is 21.3 Å². The fourth-order valence-corrected chi connectivity index (χ4v) is 3.54. The van der Waals surface area contributed by atoms with Crippen LogP contribution in [0.2, 0.25) is 0 Å². The molecule has 4 rings (SSSR count). The predicted octanol–water partition coefficient (Wildman–Crippen LogP) is 5.82. The van der Waals surface area contributed by atoms with Crippen LogP contribution in [0.1, 0.15) is 11.1 Å². The topological polar surface area (TPSA) is 49.8 Å². The van der Waals surface area contributed by atoms with Gasteiger partial charge in [-0.25, -0.2) is 4.98 Å². The molecular formula is C26H25NO4. The monoisotopic (exact) mass is 415 g/mol. The molecule has 0 radical (unpaired) electrons. The number of fused-ring (bicyclic) bond motifs is 1. The van der Waals surface area contributed by atoms with Gasteiger partial charge in [-0.1, -0.05) is 18.2 Å². The summed E-state index contributed by atoms with van der Waals surface area (Å²) in [6, 6.07) is 21.7. The van der Waals surface area contributed by atoms with Crippen molar-refractivity contribution in [3.8, 4) is 34.4 Å². The van der Waals surface area contributed by atoms with Gasteiger partial charge in [0.2, 0.25) is 5.88 Å². The average Bonchev–Trinajstić information content (AvgIpc) is 2.83. The summed E-state index contributed by atoms with van der Waals surface area (Å²) < 4.78 is 22.2. The van der Waals surface area contributed by atoms with E-state index in [4.69, 9.17) is 23.9 Å². The predicted molar refractivity (Wildman–Crippen MR) is 122 cm³/mol. The van der Waals surface area contributed by atoms with E-state index in [1.165, 1.54) is 0 Å². The second-order valence-electron chi connectivity index (χ2n) is 7.17. The molecule has 5 nitrogen and oxygen atoms in total. The second kappa shape index (κ2) is 8.96. The average molecular weight is 415 g/mol. The highest BCUT2D eigenvalue weighted by molar-refractivity contribution is 5.94. The Labute approximate surface area is 182 Å². The number of pyridine rings is 1. The molecule has 0 aliphatic rings. The summed E-state index contributed by atoms with van der Waals surface area (Å²) in [7, 11) is 4.97. The summed E-state index contributed by atoms with van der Waals surface area (Å²) in [6.07, 6.45) is 0. The molecule has 158 valence electrons. The molecule has 1 aromatic heterocycles. The summed E-state index contributed by atoms with van der Waals surface area (Å²) in [5, 5.41) is 1.99. The van der Waals surface area contributed by atoms with Crippen molar-refractivity contribution in [2.45, 2.75) is 13.5 Å². The number of benzene rings is 3. The molecule has 0 unspecified atom stereocenters. The quantitative estimate of drug-likeness (QED) is 0.381. The van der Waals surface area contributed by atoms with Crippen LogP contribution >= 0.6 is 0 Å². The van der Waals surface area contributed by atoms with E-state index < -0.39 is 0 Å². The third kappa shape index (κ3) is 4.26. The molecule has 0 N–H and O–H groups in total. The van der Waals surface area contributed by atoms with Gasteiger partial charge >= 0.3 is 0 Å². The molecule has 3 aromatic carbocycles. The molecule has 0 aliphatic carbocycles. The van der Waals surface area contributed by atoms with Gasteiger partial charge in [0, 0.05) is 10.9 Å². The zero-order valence-electron chi connectivity index (χ0n) is 18.1. The molecule has 0 bridgehead atoms. The second-order valence-corrected chi connectivity index (χ2v) is 7.17. The van der Waals surface area contributed by atoms with Gasteiger partial charge in [0.05, 0.1) is 27.0 Å². The van der Waals surface area contributed by atoms with Crippen LogP contribution in [0.4, 0.5) is 0 Å². The molecule has 0 saturated carbocycles. The summed E-state index contributed by atoms with van der Waals surface area (Å²) in [5.74, 6) is 2.96. The highest BCUT2D eigenvalue weighted by atomic mass is 16.5. The summed E-state index contributed by atoms with van der Waals surface area (Å²) in [6.45, 7) is 2.48. The van der Waals surface area contributed by atoms with Crippen LogP contribution in [0, 0.1) is 6.92 Å². The van der Waals surface area contributed by atoms with E-state index in [2.05, 4.69) is 13.0 Å². The lowest BCUT2D eigenvalue weighted by molar-refractivity contribution is 0.298. The Morgan fingerprint density at radius 1 is 0.677 bits per heavy atom. The third-order valence-corrected chi connectivity index (χ3v) is 5.33. The van der Waals surface area contributed by atoms with Gasteiger partial charge < -0.3 is 18.9 Å². The molecule has 0 saturated heterocycles. The normalized spacial score (nSPS) is 10.7. The van der Waals surface area contributed by atoms with E-state index in [1.54, 1.807) is 21.3 Å². The number of hydrogen-bond acceptors (Lipinski definition) is 5. The van der Waals surface area contributed by atoms with Gasteiger partial charge in [0.15, 0.2) is 0 Å². The molecule has 0 fully saturated rings. The van der Waals surface area contributed by atoms with E-state index in [-0.39, 0.29) is 0 Å². The Balaban J connectivity index is 1.77. The zero-order chi connectivity index (χ0) is 21.8. The lowest BCUT2D eigenvalue weighted by atomic mass is 10.0. The fourth-order valence-electron chi connectivity index (χ4n) is 3.54. The molecule has 0 spiro atoms. The van der Waals surface area contributed by atoms with Crippen LogP contribution in [-0.4, -0.2) is 26.3 Å². The lowest BCUT2D eigenvalue weighted by Crippen LogP contribution is -2.01. The summed E-state index contributed by atoms with van der Waals surface area (Å²) in [5.41, 5.74) is 4.00. The van der Waals surface area contributed by atoms with Crippen molar-refractivity contribution in [3.05, 3.63) is 77.9 Å². The van der Waals surface area contributed by atoms with E-state index in [1.807, 2.05) is 60.7 Å². The van der Waals surface area contributed by atoms with Crippen LogP contribution in [-0.2, 0) is 6.61 Å². The minimum atomic E-state index is 0.397. The van der Waals surface area contributed by atoms with Gasteiger partial charge in [-0.05, 0) is 72.0 Å². The highest BCUT2D eigenvalue weighted by Crippen LogP contribution is 2.36. The Morgan fingerprint density at radius 3 is 1.87 bits per heavy atom. The fraction of sp³-hybridized carbons (Fsp3) is 0.192. The van der Waals surface area contributed by atoms with E-state index in [9.17, 15) is 0 Å². The van der Waals surface area contributed by atoms with Gasteiger partial charge in [0.1, 0.15) is 23.9 Å². The Hall–Kier alpha value is -3.73. The van der Waals surface area contributed by atoms with E-state index in [0.29, 0.717) is 12.5 Å². The molecular weight excluding hydrogens is 390 g/mol. The summed E-state index contributed by atoms with van der Waals surface area (Å²) in [4.78, 5) is 4.91. The summed E-state index contributed by atoms with van der Waals surface area (Å²) >= 11 is 0. The largest absolute Gasteiger partial charge is 0.497 e. The minimum absolute atomic E-state index is 0.397. The van der Waals surface area contributed by atoms with Gasteiger partial charge in [-0.2, -0.15) is 0 Å².